The maximum Gasteiger partial charge on any atom is 0.203 e. The second-order valence-corrected chi connectivity index (χ2v) is 6.33. The third kappa shape index (κ3) is 2.37. The lowest BCUT2D eigenvalue weighted by atomic mass is 9.77. The Kier molecular flexibility index (Phi) is 3.52. The average Bonchev–Trinajstić information content (AvgIpc) is 2.85. The van der Waals surface area contributed by atoms with Gasteiger partial charge in [0.2, 0.25) is 5.78 Å². The molecule has 19 heavy (non-hydrogen) atoms. The average molecular weight is 270 g/mol. The van der Waals surface area contributed by atoms with Gasteiger partial charge in [0, 0.05) is 10.4 Å². The molecule has 0 bridgehead atoms. The van der Waals surface area contributed by atoms with Crippen LogP contribution in [0.3, 0.4) is 0 Å². The van der Waals surface area contributed by atoms with Crippen LogP contribution in [0.4, 0.5) is 0 Å². The molecule has 1 aliphatic rings. The van der Waals surface area contributed by atoms with E-state index >= 15 is 0 Å². The molecule has 0 atom stereocenters. The molecule has 1 aliphatic carbocycles. The Bertz CT molecular complexity index is 593. The number of ketones is 1. The van der Waals surface area contributed by atoms with Gasteiger partial charge in [0.15, 0.2) is 0 Å². The first kappa shape index (κ1) is 12.6. The van der Waals surface area contributed by atoms with Gasteiger partial charge in [-0.15, -0.1) is 11.3 Å². The second kappa shape index (κ2) is 5.30. The van der Waals surface area contributed by atoms with Crippen LogP contribution in [-0.2, 0) is 6.42 Å². The van der Waals surface area contributed by atoms with Crippen molar-refractivity contribution in [3.8, 4) is 0 Å². The van der Waals surface area contributed by atoms with Crippen molar-refractivity contribution in [3.05, 3.63) is 57.3 Å². The van der Waals surface area contributed by atoms with Crippen molar-refractivity contribution < 1.29 is 4.79 Å². The maximum absolute atomic E-state index is 12.7. The SMILES string of the molecule is CCc1ccc(C(=O)c2ccccc2C2CCC2)s1. The highest BCUT2D eigenvalue weighted by Crippen LogP contribution is 2.38. The number of hydrogen-bond acceptors (Lipinski definition) is 2. The standard InChI is InChI=1S/C17H18OS/c1-2-13-10-11-16(19-13)17(18)15-9-4-3-8-14(15)12-6-5-7-12/h3-4,8-12H,2,5-7H2,1H3. The minimum atomic E-state index is 0.201. The molecule has 2 aromatic rings. The predicted octanol–water partition coefficient (Wildman–Crippen LogP) is 4.81. The zero-order chi connectivity index (χ0) is 13.2. The third-order valence-corrected chi connectivity index (χ3v) is 5.21. The first-order valence-electron chi connectivity index (χ1n) is 7.02. The quantitative estimate of drug-likeness (QED) is 0.729. The van der Waals surface area contributed by atoms with Crippen LogP contribution < -0.4 is 0 Å². The number of carbonyl (C=O) groups is 1. The van der Waals surface area contributed by atoms with Crippen LogP contribution in [0.2, 0.25) is 0 Å². The van der Waals surface area contributed by atoms with Gasteiger partial charge in [-0.1, -0.05) is 37.6 Å². The Morgan fingerprint density at radius 3 is 2.63 bits per heavy atom. The normalized spacial score (nSPS) is 15.2. The molecule has 0 radical (unpaired) electrons. The summed E-state index contributed by atoms with van der Waals surface area (Å²) in [4.78, 5) is 14.8. The molecule has 0 saturated heterocycles. The van der Waals surface area contributed by atoms with Crippen LogP contribution in [0.25, 0.3) is 0 Å². The summed E-state index contributed by atoms with van der Waals surface area (Å²) < 4.78 is 0. The maximum atomic E-state index is 12.7. The highest BCUT2D eigenvalue weighted by molar-refractivity contribution is 7.14. The summed E-state index contributed by atoms with van der Waals surface area (Å²) in [6, 6.07) is 12.2. The number of carbonyl (C=O) groups excluding carboxylic acids is 1. The van der Waals surface area contributed by atoms with E-state index in [1.807, 2.05) is 18.2 Å². The summed E-state index contributed by atoms with van der Waals surface area (Å²) in [6.07, 6.45) is 4.76. The molecule has 1 nitrogen and oxygen atoms in total. The molecule has 0 N–H and O–H groups in total. The monoisotopic (exact) mass is 270 g/mol. The van der Waals surface area contributed by atoms with Gasteiger partial charge < -0.3 is 0 Å². The first-order chi connectivity index (χ1) is 9.29. The third-order valence-electron chi connectivity index (χ3n) is 3.98. The number of aryl methyl sites for hydroxylation is 1. The molecular weight excluding hydrogens is 252 g/mol. The molecular formula is C17H18OS. The van der Waals surface area contributed by atoms with Gasteiger partial charge in [-0.2, -0.15) is 0 Å². The Morgan fingerprint density at radius 2 is 2.00 bits per heavy atom. The van der Waals surface area contributed by atoms with Crippen molar-refractivity contribution in [1.29, 1.82) is 0 Å². The van der Waals surface area contributed by atoms with Crippen molar-refractivity contribution >= 4 is 17.1 Å². The predicted molar refractivity (Wildman–Crippen MR) is 80.2 cm³/mol. The summed E-state index contributed by atoms with van der Waals surface area (Å²) in [5.41, 5.74) is 2.17. The topological polar surface area (TPSA) is 17.1 Å². The molecule has 98 valence electrons. The fourth-order valence-corrected chi connectivity index (χ4v) is 3.50. The van der Waals surface area contributed by atoms with Gasteiger partial charge in [0.1, 0.15) is 0 Å². The fraction of sp³-hybridized carbons (Fsp3) is 0.353. The van der Waals surface area contributed by atoms with E-state index < -0.39 is 0 Å². The molecule has 3 rings (SSSR count). The van der Waals surface area contributed by atoms with Gasteiger partial charge in [-0.05, 0) is 42.9 Å². The minimum Gasteiger partial charge on any atom is -0.288 e. The Labute approximate surface area is 118 Å². The van der Waals surface area contributed by atoms with Gasteiger partial charge in [-0.3, -0.25) is 4.79 Å². The number of hydrogen-bond donors (Lipinski definition) is 0. The van der Waals surface area contributed by atoms with Crippen LogP contribution in [0.1, 0.15) is 57.8 Å². The fourth-order valence-electron chi connectivity index (χ4n) is 2.60. The van der Waals surface area contributed by atoms with Gasteiger partial charge in [-0.25, -0.2) is 0 Å². The second-order valence-electron chi connectivity index (χ2n) is 5.16. The van der Waals surface area contributed by atoms with E-state index in [1.165, 1.54) is 29.7 Å². The molecule has 0 spiro atoms. The lowest BCUT2D eigenvalue weighted by molar-refractivity contribution is 0.104. The zero-order valence-electron chi connectivity index (χ0n) is 11.2. The highest BCUT2D eigenvalue weighted by Gasteiger charge is 2.25. The van der Waals surface area contributed by atoms with Gasteiger partial charge >= 0.3 is 0 Å². The molecule has 0 amide bonds. The molecule has 1 heterocycles. The number of rotatable bonds is 4. The first-order valence-corrected chi connectivity index (χ1v) is 7.83. The van der Waals surface area contributed by atoms with Crippen molar-refractivity contribution in [1.82, 2.24) is 0 Å². The van der Waals surface area contributed by atoms with E-state index in [0.717, 1.165) is 16.9 Å². The van der Waals surface area contributed by atoms with Gasteiger partial charge in [0.05, 0.1) is 4.88 Å². The largest absolute Gasteiger partial charge is 0.288 e. The van der Waals surface area contributed by atoms with E-state index in [0.29, 0.717) is 5.92 Å². The molecule has 2 heteroatoms. The summed E-state index contributed by atoms with van der Waals surface area (Å²) in [7, 11) is 0. The van der Waals surface area contributed by atoms with E-state index in [9.17, 15) is 4.79 Å². The van der Waals surface area contributed by atoms with Crippen molar-refractivity contribution in [2.24, 2.45) is 0 Å². The Hall–Kier alpha value is -1.41. The Balaban J connectivity index is 1.94. The van der Waals surface area contributed by atoms with E-state index in [1.54, 1.807) is 11.3 Å². The molecule has 1 aromatic heterocycles. The summed E-state index contributed by atoms with van der Waals surface area (Å²) in [5.74, 6) is 0.804. The number of thiophene rings is 1. The molecule has 1 aromatic carbocycles. The van der Waals surface area contributed by atoms with Crippen LogP contribution in [-0.4, -0.2) is 5.78 Å². The van der Waals surface area contributed by atoms with Crippen LogP contribution >= 0.6 is 11.3 Å². The Morgan fingerprint density at radius 1 is 1.21 bits per heavy atom. The van der Waals surface area contributed by atoms with Crippen LogP contribution in [0, 0.1) is 0 Å². The van der Waals surface area contributed by atoms with E-state index in [4.69, 9.17) is 0 Å². The van der Waals surface area contributed by atoms with Crippen molar-refractivity contribution in [2.75, 3.05) is 0 Å². The molecule has 0 unspecified atom stereocenters. The molecule has 0 aliphatic heterocycles. The minimum absolute atomic E-state index is 0.201. The zero-order valence-corrected chi connectivity index (χ0v) is 12.0. The summed E-state index contributed by atoms with van der Waals surface area (Å²) >= 11 is 1.63. The van der Waals surface area contributed by atoms with Crippen LogP contribution in [0.15, 0.2) is 36.4 Å². The van der Waals surface area contributed by atoms with Crippen molar-refractivity contribution in [2.45, 2.75) is 38.5 Å². The molecule has 1 saturated carbocycles. The van der Waals surface area contributed by atoms with Gasteiger partial charge in [0.25, 0.3) is 0 Å². The summed E-state index contributed by atoms with van der Waals surface area (Å²) in [6.45, 7) is 2.13. The van der Waals surface area contributed by atoms with Crippen molar-refractivity contribution in [3.63, 3.8) is 0 Å². The lowest BCUT2D eigenvalue weighted by Gasteiger charge is -2.27. The van der Waals surface area contributed by atoms with E-state index in [-0.39, 0.29) is 5.78 Å². The molecule has 1 fully saturated rings. The summed E-state index contributed by atoms with van der Waals surface area (Å²) in [5, 5.41) is 0. The van der Waals surface area contributed by atoms with E-state index in [2.05, 4.69) is 25.1 Å². The smallest absolute Gasteiger partial charge is 0.203 e. The number of benzene rings is 1. The highest BCUT2D eigenvalue weighted by atomic mass is 32.1. The lowest BCUT2D eigenvalue weighted by Crippen LogP contribution is -2.13. The van der Waals surface area contributed by atoms with Crippen LogP contribution in [0.5, 0.6) is 0 Å².